The monoisotopic (exact) mass is 281 g/mol. The van der Waals surface area contributed by atoms with Gasteiger partial charge in [-0.05, 0) is 30.5 Å². The van der Waals surface area contributed by atoms with E-state index in [1.54, 1.807) is 16.8 Å². The molecule has 0 radical (unpaired) electrons. The van der Waals surface area contributed by atoms with Crippen LogP contribution in [-0.2, 0) is 19.9 Å². The van der Waals surface area contributed by atoms with Crippen LogP contribution in [0.1, 0.15) is 29.9 Å². The van der Waals surface area contributed by atoms with Crippen molar-refractivity contribution < 1.29 is 4.39 Å². The second kappa shape index (κ2) is 5.72. The first-order chi connectivity index (χ1) is 9.02. The van der Waals surface area contributed by atoms with Crippen LogP contribution < -0.4 is 5.73 Å². The quantitative estimate of drug-likeness (QED) is 0.936. The second-order valence-electron chi connectivity index (χ2n) is 4.56. The van der Waals surface area contributed by atoms with Gasteiger partial charge in [-0.3, -0.25) is 4.68 Å². The van der Waals surface area contributed by atoms with E-state index in [1.165, 1.54) is 6.07 Å². The number of benzene rings is 1. The molecule has 0 amide bonds. The smallest absolute Gasteiger partial charge is 0.142 e. The zero-order valence-electron chi connectivity index (χ0n) is 11.0. The van der Waals surface area contributed by atoms with Crippen molar-refractivity contribution in [2.45, 2.75) is 25.8 Å². The maximum absolute atomic E-state index is 13.4. The largest absolute Gasteiger partial charge is 0.322 e. The van der Waals surface area contributed by atoms with Crippen LogP contribution in [0.25, 0.3) is 0 Å². The fraction of sp³-hybridized carbons (Fsp3) is 0.357. The van der Waals surface area contributed by atoms with Crippen molar-refractivity contribution in [2.75, 3.05) is 0 Å². The number of nitrogens with zero attached hydrogens (tertiary/aromatic N) is 2. The van der Waals surface area contributed by atoms with E-state index in [0.29, 0.717) is 12.0 Å². The molecule has 5 heteroatoms. The highest BCUT2D eigenvalue weighted by atomic mass is 35.5. The number of nitrogens with two attached hydrogens (primary N) is 1. The zero-order chi connectivity index (χ0) is 14.0. The van der Waals surface area contributed by atoms with Gasteiger partial charge in [0.05, 0.1) is 22.5 Å². The van der Waals surface area contributed by atoms with Crippen molar-refractivity contribution >= 4 is 11.6 Å². The van der Waals surface area contributed by atoms with Crippen LogP contribution in [0.5, 0.6) is 0 Å². The normalized spacial score (nSPS) is 12.7. The molecule has 0 bridgehead atoms. The van der Waals surface area contributed by atoms with Gasteiger partial charge in [-0.25, -0.2) is 4.39 Å². The molecule has 1 unspecified atom stereocenters. The molecule has 0 spiro atoms. The Bertz CT molecular complexity index is 580. The van der Waals surface area contributed by atoms with Gasteiger partial charge < -0.3 is 5.73 Å². The summed E-state index contributed by atoms with van der Waals surface area (Å²) in [6.45, 7) is 2.04. The highest BCUT2D eigenvalue weighted by molar-refractivity contribution is 6.31. The number of halogens is 2. The van der Waals surface area contributed by atoms with E-state index in [9.17, 15) is 4.39 Å². The molecular formula is C14H17ClFN3. The lowest BCUT2D eigenvalue weighted by Gasteiger charge is -2.13. The summed E-state index contributed by atoms with van der Waals surface area (Å²) in [5.41, 5.74) is 8.82. The lowest BCUT2D eigenvalue weighted by Crippen LogP contribution is -2.17. The van der Waals surface area contributed by atoms with Gasteiger partial charge in [-0.2, -0.15) is 5.10 Å². The summed E-state index contributed by atoms with van der Waals surface area (Å²) in [5.74, 6) is -0.411. The number of rotatable bonds is 4. The minimum Gasteiger partial charge on any atom is -0.322 e. The Morgan fingerprint density at radius 3 is 2.84 bits per heavy atom. The Hall–Kier alpha value is -1.39. The van der Waals surface area contributed by atoms with Gasteiger partial charge in [0.2, 0.25) is 0 Å². The van der Waals surface area contributed by atoms with Crippen LogP contribution in [0.3, 0.4) is 0 Å². The summed E-state index contributed by atoms with van der Waals surface area (Å²) < 4.78 is 15.2. The van der Waals surface area contributed by atoms with Crippen molar-refractivity contribution in [3.8, 4) is 0 Å². The third-order valence-electron chi connectivity index (χ3n) is 3.18. The first-order valence-corrected chi connectivity index (χ1v) is 6.62. The molecule has 3 nitrogen and oxygen atoms in total. The molecule has 19 heavy (non-hydrogen) atoms. The Labute approximate surface area is 117 Å². The number of hydrogen-bond donors (Lipinski definition) is 1. The molecular weight excluding hydrogens is 265 g/mol. The predicted molar refractivity (Wildman–Crippen MR) is 74.6 cm³/mol. The van der Waals surface area contributed by atoms with E-state index in [-0.39, 0.29) is 11.1 Å². The highest BCUT2D eigenvalue weighted by Crippen LogP contribution is 2.24. The first-order valence-electron chi connectivity index (χ1n) is 6.24. The van der Waals surface area contributed by atoms with Crippen molar-refractivity contribution in [3.63, 3.8) is 0 Å². The summed E-state index contributed by atoms with van der Waals surface area (Å²) in [7, 11) is 1.86. The second-order valence-corrected chi connectivity index (χ2v) is 4.94. The zero-order valence-corrected chi connectivity index (χ0v) is 11.8. The molecule has 0 aliphatic heterocycles. The predicted octanol–water partition coefficient (Wildman–Crippen LogP) is 3.02. The van der Waals surface area contributed by atoms with Gasteiger partial charge in [0.25, 0.3) is 0 Å². The molecule has 2 aromatic rings. The van der Waals surface area contributed by atoms with Gasteiger partial charge >= 0.3 is 0 Å². The number of aryl methyl sites for hydroxylation is 2. The van der Waals surface area contributed by atoms with Crippen LogP contribution in [0.15, 0.2) is 24.3 Å². The van der Waals surface area contributed by atoms with Crippen molar-refractivity contribution in [1.29, 1.82) is 0 Å². The Morgan fingerprint density at radius 1 is 1.47 bits per heavy atom. The molecule has 1 atom stereocenters. The van der Waals surface area contributed by atoms with Gasteiger partial charge in [0.15, 0.2) is 0 Å². The van der Waals surface area contributed by atoms with E-state index in [1.807, 2.05) is 20.0 Å². The van der Waals surface area contributed by atoms with Gasteiger partial charge in [-0.1, -0.05) is 30.7 Å². The highest BCUT2D eigenvalue weighted by Gasteiger charge is 2.15. The van der Waals surface area contributed by atoms with Crippen LogP contribution in [0, 0.1) is 5.82 Å². The molecule has 2 rings (SSSR count). The first kappa shape index (κ1) is 14.0. The summed E-state index contributed by atoms with van der Waals surface area (Å²) >= 11 is 5.94. The third kappa shape index (κ3) is 2.96. The van der Waals surface area contributed by atoms with Crippen LogP contribution in [-0.4, -0.2) is 9.78 Å². The number of aromatic nitrogens is 2. The molecule has 1 heterocycles. The van der Waals surface area contributed by atoms with E-state index in [4.69, 9.17) is 17.3 Å². The minimum absolute atomic E-state index is 0.149. The molecule has 0 fully saturated rings. The summed E-state index contributed by atoms with van der Waals surface area (Å²) in [6.07, 6.45) is 1.35. The fourth-order valence-corrected chi connectivity index (χ4v) is 2.31. The average molecular weight is 282 g/mol. The number of hydrogen-bond acceptors (Lipinski definition) is 2. The molecule has 102 valence electrons. The standard InChI is InChI=1S/C14H17ClFN3/c1-3-10-8-13(19(2)18-10)12(17)7-9-5-4-6-11(16)14(9)15/h4-6,8,12H,3,7,17H2,1-2H3. The SMILES string of the molecule is CCc1cc(C(N)Cc2cccc(F)c2Cl)n(C)n1. The van der Waals surface area contributed by atoms with Gasteiger partial charge in [-0.15, -0.1) is 0 Å². The average Bonchev–Trinajstić information content (AvgIpc) is 2.76. The van der Waals surface area contributed by atoms with E-state index in [2.05, 4.69) is 5.10 Å². The molecule has 1 aromatic heterocycles. The minimum atomic E-state index is -0.411. The van der Waals surface area contributed by atoms with E-state index >= 15 is 0 Å². The van der Waals surface area contributed by atoms with Crippen LogP contribution in [0.4, 0.5) is 4.39 Å². The maximum atomic E-state index is 13.4. The topological polar surface area (TPSA) is 43.8 Å². The maximum Gasteiger partial charge on any atom is 0.142 e. The lowest BCUT2D eigenvalue weighted by molar-refractivity contribution is 0.604. The van der Waals surface area contributed by atoms with Crippen LogP contribution in [0.2, 0.25) is 5.02 Å². The molecule has 1 aromatic carbocycles. The van der Waals surface area contributed by atoms with Gasteiger partial charge in [0.1, 0.15) is 5.82 Å². The van der Waals surface area contributed by atoms with Crippen LogP contribution >= 0.6 is 11.6 Å². The van der Waals surface area contributed by atoms with E-state index in [0.717, 1.165) is 17.8 Å². The van der Waals surface area contributed by atoms with Crippen molar-refractivity contribution in [3.05, 3.63) is 52.1 Å². The van der Waals surface area contributed by atoms with E-state index < -0.39 is 5.82 Å². The Morgan fingerprint density at radius 2 is 2.21 bits per heavy atom. The van der Waals surface area contributed by atoms with Crippen molar-refractivity contribution in [2.24, 2.45) is 12.8 Å². The van der Waals surface area contributed by atoms with Gasteiger partial charge in [0, 0.05) is 7.05 Å². The summed E-state index contributed by atoms with van der Waals surface area (Å²) in [4.78, 5) is 0. The summed E-state index contributed by atoms with van der Waals surface area (Å²) in [6, 6.07) is 6.51. The molecule has 0 saturated carbocycles. The third-order valence-corrected chi connectivity index (χ3v) is 3.60. The Kier molecular flexibility index (Phi) is 4.22. The Balaban J connectivity index is 2.22. The lowest BCUT2D eigenvalue weighted by atomic mass is 10.0. The molecule has 0 aliphatic carbocycles. The molecule has 2 N–H and O–H groups in total. The summed E-state index contributed by atoms with van der Waals surface area (Å²) in [5, 5.41) is 4.51. The molecule has 0 saturated heterocycles. The molecule has 0 aliphatic rings. The van der Waals surface area contributed by atoms with Crippen molar-refractivity contribution in [1.82, 2.24) is 9.78 Å². The fourth-order valence-electron chi connectivity index (χ4n) is 2.11.